The number of carboxylic acid groups (broad SMARTS) is 1. The molecular formula is C10H11N3O2S. The summed E-state index contributed by atoms with van der Waals surface area (Å²) in [6, 6.07) is 4.86. The van der Waals surface area contributed by atoms with Crippen LogP contribution in [0.2, 0.25) is 0 Å². The van der Waals surface area contributed by atoms with Crippen molar-refractivity contribution in [3.63, 3.8) is 0 Å². The van der Waals surface area contributed by atoms with Crippen molar-refractivity contribution >= 4 is 28.8 Å². The Hall–Kier alpha value is -1.56. The highest BCUT2D eigenvalue weighted by molar-refractivity contribution is 7.98. The third-order valence-corrected chi connectivity index (χ3v) is 2.86. The molecule has 16 heavy (non-hydrogen) atoms. The number of nitrogens with zero attached hydrogens (tertiary/aromatic N) is 3. The van der Waals surface area contributed by atoms with Crippen molar-refractivity contribution in [3.05, 3.63) is 23.8 Å². The molecule has 1 N–H and O–H groups in total. The van der Waals surface area contributed by atoms with E-state index >= 15 is 0 Å². The van der Waals surface area contributed by atoms with Gasteiger partial charge in [0.05, 0.1) is 17.6 Å². The summed E-state index contributed by atoms with van der Waals surface area (Å²) in [6.07, 6.45) is 2.03. The molecule has 0 unspecified atom stereocenters. The van der Waals surface area contributed by atoms with Gasteiger partial charge in [-0.15, -0.1) is 5.10 Å². The van der Waals surface area contributed by atoms with Crippen LogP contribution in [0.15, 0.2) is 18.2 Å². The molecule has 6 heteroatoms. The van der Waals surface area contributed by atoms with Crippen LogP contribution in [0.4, 0.5) is 0 Å². The average molecular weight is 237 g/mol. The molecule has 1 heterocycles. The van der Waals surface area contributed by atoms with Crippen LogP contribution >= 0.6 is 11.8 Å². The van der Waals surface area contributed by atoms with E-state index in [1.807, 2.05) is 6.26 Å². The molecule has 0 amide bonds. The molecule has 0 fully saturated rings. The smallest absolute Gasteiger partial charge is 0.335 e. The van der Waals surface area contributed by atoms with E-state index in [0.29, 0.717) is 5.52 Å². The van der Waals surface area contributed by atoms with Gasteiger partial charge in [-0.25, -0.2) is 9.48 Å². The number of hydrogen-bond acceptors (Lipinski definition) is 4. The summed E-state index contributed by atoms with van der Waals surface area (Å²) in [7, 11) is 0. The van der Waals surface area contributed by atoms with Crippen molar-refractivity contribution < 1.29 is 9.90 Å². The molecule has 0 aliphatic heterocycles. The van der Waals surface area contributed by atoms with Crippen LogP contribution in [-0.4, -0.2) is 38.1 Å². The van der Waals surface area contributed by atoms with Gasteiger partial charge in [-0.05, 0) is 24.5 Å². The SMILES string of the molecule is CSCCn1nnc2cc(C(=O)O)ccc21. The summed E-state index contributed by atoms with van der Waals surface area (Å²) in [5.74, 6) is 0.0136. The Morgan fingerprint density at radius 1 is 1.56 bits per heavy atom. The minimum atomic E-state index is -0.944. The molecule has 84 valence electrons. The first-order valence-electron chi connectivity index (χ1n) is 4.78. The fourth-order valence-electron chi connectivity index (χ4n) is 1.45. The van der Waals surface area contributed by atoms with Crippen molar-refractivity contribution in [1.29, 1.82) is 0 Å². The summed E-state index contributed by atoms with van der Waals surface area (Å²) in [6.45, 7) is 0.782. The molecule has 0 saturated carbocycles. The third kappa shape index (κ3) is 2.01. The summed E-state index contributed by atoms with van der Waals surface area (Å²) in [5, 5.41) is 16.8. The summed E-state index contributed by atoms with van der Waals surface area (Å²) >= 11 is 1.73. The van der Waals surface area contributed by atoms with Gasteiger partial charge in [-0.2, -0.15) is 11.8 Å². The maximum Gasteiger partial charge on any atom is 0.335 e. The largest absolute Gasteiger partial charge is 0.478 e. The van der Waals surface area contributed by atoms with E-state index in [1.165, 1.54) is 0 Å². The minimum Gasteiger partial charge on any atom is -0.478 e. The summed E-state index contributed by atoms with van der Waals surface area (Å²) in [4.78, 5) is 10.8. The molecule has 1 aromatic heterocycles. The first-order chi connectivity index (χ1) is 7.72. The van der Waals surface area contributed by atoms with Crippen LogP contribution in [0.5, 0.6) is 0 Å². The van der Waals surface area contributed by atoms with Crippen LogP contribution in [-0.2, 0) is 6.54 Å². The standard InChI is InChI=1S/C10H11N3O2S/c1-16-5-4-13-9-3-2-7(10(14)15)6-8(9)11-12-13/h2-3,6H,4-5H2,1H3,(H,14,15). The number of aryl methyl sites for hydroxylation is 1. The van der Waals surface area contributed by atoms with Gasteiger partial charge in [0.2, 0.25) is 0 Å². The highest BCUT2D eigenvalue weighted by Crippen LogP contribution is 2.13. The molecular weight excluding hydrogens is 226 g/mol. The Kier molecular flexibility index (Phi) is 3.09. The van der Waals surface area contributed by atoms with Crippen molar-refractivity contribution in [2.75, 3.05) is 12.0 Å². The van der Waals surface area contributed by atoms with Crippen molar-refractivity contribution in [2.45, 2.75) is 6.54 Å². The molecule has 2 aromatic rings. The van der Waals surface area contributed by atoms with Gasteiger partial charge in [0.25, 0.3) is 0 Å². The molecule has 0 aliphatic carbocycles. The highest BCUT2D eigenvalue weighted by atomic mass is 32.2. The van der Waals surface area contributed by atoms with E-state index in [2.05, 4.69) is 10.3 Å². The number of carboxylic acids is 1. The second kappa shape index (κ2) is 4.52. The Morgan fingerprint density at radius 3 is 3.06 bits per heavy atom. The minimum absolute atomic E-state index is 0.240. The molecule has 0 bridgehead atoms. The average Bonchev–Trinajstić information content (AvgIpc) is 2.68. The number of benzene rings is 1. The molecule has 0 aliphatic rings. The van der Waals surface area contributed by atoms with Gasteiger partial charge in [0, 0.05) is 5.75 Å². The second-order valence-electron chi connectivity index (χ2n) is 3.31. The van der Waals surface area contributed by atoms with E-state index in [4.69, 9.17) is 5.11 Å². The first-order valence-corrected chi connectivity index (χ1v) is 6.17. The Labute approximate surface area is 96.4 Å². The van der Waals surface area contributed by atoms with Gasteiger partial charge in [-0.3, -0.25) is 0 Å². The van der Waals surface area contributed by atoms with Crippen molar-refractivity contribution in [3.8, 4) is 0 Å². The second-order valence-corrected chi connectivity index (χ2v) is 4.30. The number of carbonyl (C=O) groups is 1. The summed E-state index contributed by atoms with van der Waals surface area (Å²) < 4.78 is 1.79. The number of hydrogen-bond donors (Lipinski definition) is 1. The molecule has 0 saturated heterocycles. The number of aromatic carboxylic acids is 1. The lowest BCUT2D eigenvalue weighted by Crippen LogP contribution is -2.02. The lowest BCUT2D eigenvalue weighted by Gasteiger charge is -2.00. The Balaban J connectivity index is 2.38. The van der Waals surface area contributed by atoms with Gasteiger partial charge >= 0.3 is 5.97 Å². The predicted octanol–water partition coefficient (Wildman–Crippen LogP) is 1.49. The third-order valence-electron chi connectivity index (χ3n) is 2.27. The van der Waals surface area contributed by atoms with Crippen LogP contribution < -0.4 is 0 Å². The van der Waals surface area contributed by atoms with E-state index in [-0.39, 0.29) is 5.56 Å². The fraction of sp³-hybridized carbons (Fsp3) is 0.300. The lowest BCUT2D eigenvalue weighted by molar-refractivity contribution is 0.0697. The maximum atomic E-state index is 10.8. The van der Waals surface area contributed by atoms with Crippen LogP contribution in [0.3, 0.4) is 0 Å². The summed E-state index contributed by atoms with van der Waals surface area (Å²) in [5.41, 5.74) is 1.74. The van der Waals surface area contributed by atoms with E-state index in [1.54, 1.807) is 34.6 Å². The van der Waals surface area contributed by atoms with Gasteiger partial charge < -0.3 is 5.11 Å². The molecule has 0 spiro atoms. The zero-order chi connectivity index (χ0) is 11.5. The maximum absolute atomic E-state index is 10.8. The number of aromatic nitrogens is 3. The fourth-order valence-corrected chi connectivity index (χ4v) is 1.80. The van der Waals surface area contributed by atoms with Crippen LogP contribution in [0, 0.1) is 0 Å². The predicted molar refractivity (Wildman–Crippen MR) is 62.9 cm³/mol. The van der Waals surface area contributed by atoms with Gasteiger partial charge in [0.15, 0.2) is 0 Å². The number of thioether (sulfide) groups is 1. The topological polar surface area (TPSA) is 68.0 Å². The quantitative estimate of drug-likeness (QED) is 0.872. The van der Waals surface area contributed by atoms with Crippen molar-refractivity contribution in [2.24, 2.45) is 0 Å². The van der Waals surface area contributed by atoms with Gasteiger partial charge in [-0.1, -0.05) is 5.21 Å². The van der Waals surface area contributed by atoms with E-state index in [9.17, 15) is 4.79 Å². The number of fused-ring (bicyclic) bond motifs is 1. The van der Waals surface area contributed by atoms with Crippen LogP contribution in [0.25, 0.3) is 11.0 Å². The lowest BCUT2D eigenvalue weighted by atomic mass is 10.2. The highest BCUT2D eigenvalue weighted by Gasteiger charge is 2.08. The molecule has 1 aromatic carbocycles. The monoisotopic (exact) mass is 237 g/mol. The van der Waals surface area contributed by atoms with Crippen molar-refractivity contribution in [1.82, 2.24) is 15.0 Å². The van der Waals surface area contributed by atoms with E-state index < -0.39 is 5.97 Å². The number of rotatable bonds is 4. The Bertz CT molecular complexity index is 524. The van der Waals surface area contributed by atoms with Crippen LogP contribution in [0.1, 0.15) is 10.4 Å². The molecule has 0 atom stereocenters. The molecule has 2 rings (SSSR count). The molecule has 0 radical (unpaired) electrons. The zero-order valence-electron chi connectivity index (χ0n) is 8.75. The zero-order valence-corrected chi connectivity index (χ0v) is 9.57. The van der Waals surface area contributed by atoms with E-state index in [0.717, 1.165) is 17.8 Å². The van der Waals surface area contributed by atoms with Gasteiger partial charge in [0.1, 0.15) is 5.52 Å². The molecule has 5 nitrogen and oxygen atoms in total. The first kappa shape index (κ1) is 10.9. The normalized spacial score (nSPS) is 10.8. The Morgan fingerprint density at radius 2 is 2.38 bits per heavy atom.